The molecule has 2 nitrogen and oxygen atoms in total. The predicted octanol–water partition coefficient (Wildman–Crippen LogP) is -0.0354. The molecule has 0 spiro atoms. The average Bonchev–Trinajstić information content (AvgIpc) is 1.65. The minimum atomic E-state index is -0.394. The van der Waals surface area contributed by atoms with Crippen LogP contribution >= 0.6 is 0 Å². The molecule has 0 fully saturated rings. The second-order valence-corrected chi connectivity index (χ2v) is 0.727. The standard InChI is InChI=1S/C4H6O2.Bi/c1-3-4(5)6-2;/h3H,1H2,2H3;. The second-order valence-electron chi connectivity index (χ2n) is 0.727. The van der Waals surface area contributed by atoms with Crippen LogP contribution < -0.4 is 0 Å². The summed E-state index contributed by atoms with van der Waals surface area (Å²) in [5.74, 6) is -0.394. The van der Waals surface area contributed by atoms with E-state index < -0.39 is 5.97 Å². The Morgan fingerprint density at radius 3 is 2.29 bits per heavy atom. The van der Waals surface area contributed by atoms with Gasteiger partial charge < -0.3 is 4.74 Å². The van der Waals surface area contributed by atoms with Gasteiger partial charge in [-0.1, -0.05) is 6.58 Å². The van der Waals surface area contributed by atoms with Gasteiger partial charge in [-0.25, -0.2) is 4.79 Å². The van der Waals surface area contributed by atoms with E-state index in [4.69, 9.17) is 0 Å². The molecule has 0 N–H and O–H groups in total. The summed E-state index contributed by atoms with van der Waals surface area (Å²) < 4.78 is 4.14. The van der Waals surface area contributed by atoms with Gasteiger partial charge in [-0.15, -0.1) is 0 Å². The summed E-state index contributed by atoms with van der Waals surface area (Å²) in [5.41, 5.74) is 0. The van der Waals surface area contributed by atoms with Crippen LogP contribution in [0, 0.1) is 0 Å². The van der Waals surface area contributed by atoms with Crippen molar-refractivity contribution in [1.29, 1.82) is 0 Å². The molecule has 0 aliphatic rings. The number of carbonyl (C=O) groups is 1. The minimum Gasteiger partial charge on any atom is -0.466 e. The molecule has 0 aliphatic carbocycles. The van der Waals surface area contributed by atoms with Crippen LogP contribution in [0.1, 0.15) is 0 Å². The first-order valence-electron chi connectivity index (χ1n) is 1.51. The first-order chi connectivity index (χ1) is 2.81. The van der Waals surface area contributed by atoms with Crippen molar-refractivity contribution in [2.24, 2.45) is 0 Å². The van der Waals surface area contributed by atoms with Gasteiger partial charge in [0, 0.05) is 32.3 Å². The van der Waals surface area contributed by atoms with Gasteiger partial charge in [0.1, 0.15) is 0 Å². The van der Waals surface area contributed by atoms with Crippen LogP contribution in [-0.4, -0.2) is 39.3 Å². The average molecular weight is 295 g/mol. The molecule has 0 aromatic rings. The Balaban J connectivity index is 0. The molecule has 0 saturated heterocycles. The molecule has 0 heterocycles. The van der Waals surface area contributed by atoms with Crippen LogP contribution in [0.4, 0.5) is 0 Å². The number of carbonyl (C=O) groups excluding carboxylic acids is 1. The topological polar surface area (TPSA) is 26.3 Å². The van der Waals surface area contributed by atoms with Crippen LogP contribution in [0.25, 0.3) is 0 Å². The largest absolute Gasteiger partial charge is 0.466 e. The van der Waals surface area contributed by atoms with Gasteiger partial charge in [-0.05, 0) is 0 Å². The summed E-state index contributed by atoms with van der Waals surface area (Å²) in [6.07, 6.45) is 1.11. The fourth-order valence-corrected chi connectivity index (χ4v) is 0.0833. The number of rotatable bonds is 1. The van der Waals surface area contributed by atoms with E-state index >= 15 is 0 Å². The molecule has 0 amide bonds. The van der Waals surface area contributed by atoms with Crippen molar-refractivity contribution in [1.82, 2.24) is 0 Å². The third-order valence-corrected chi connectivity index (χ3v) is 0.368. The van der Waals surface area contributed by atoms with Crippen molar-refractivity contribution in [2.75, 3.05) is 7.11 Å². The first-order valence-corrected chi connectivity index (χ1v) is 1.51. The molecule has 3 radical (unpaired) electrons. The van der Waals surface area contributed by atoms with Gasteiger partial charge >= 0.3 is 5.97 Å². The molecule has 7 heavy (non-hydrogen) atoms. The minimum absolute atomic E-state index is 0. The Morgan fingerprint density at radius 2 is 2.29 bits per heavy atom. The third-order valence-electron chi connectivity index (χ3n) is 0.368. The van der Waals surface area contributed by atoms with E-state index in [-0.39, 0.29) is 26.2 Å². The van der Waals surface area contributed by atoms with E-state index in [1.165, 1.54) is 7.11 Å². The smallest absolute Gasteiger partial charge is 0.329 e. The maximum Gasteiger partial charge on any atom is 0.329 e. The molecule has 0 rings (SSSR count). The van der Waals surface area contributed by atoms with Crippen LogP contribution in [0.15, 0.2) is 12.7 Å². The van der Waals surface area contributed by atoms with Gasteiger partial charge in [-0.2, -0.15) is 0 Å². The van der Waals surface area contributed by atoms with E-state index in [0.29, 0.717) is 0 Å². The fourth-order valence-electron chi connectivity index (χ4n) is 0.0833. The number of hydrogen-bond donors (Lipinski definition) is 0. The Kier molecular flexibility index (Phi) is 8.84. The summed E-state index contributed by atoms with van der Waals surface area (Å²) in [5, 5.41) is 0. The van der Waals surface area contributed by atoms with Crippen molar-refractivity contribution < 1.29 is 9.53 Å². The van der Waals surface area contributed by atoms with E-state index in [0.717, 1.165) is 6.08 Å². The van der Waals surface area contributed by atoms with E-state index in [1.807, 2.05) is 0 Å². The molecule has 0 aliphatic heterocycles. The number of methoxy groups -OCH3 is 1. The van der Waals surface area contributed by atoms with Gasteiger partial charge in [0.2, 0.25) is 0 Å². The predicted molar refractivity (Wildman–Crippen MR) is 28.0 cm³/mol. The van der Waals surface area contributed by atoms with Crippen LogP contribution in [-0.2, 0) is 9.53 Å². The first kappa shape index (κ1) is 10.2. The van der Waals surface area contributed by atoms with E-state index in [9.17, 15) is 4.79 Å². The molecule has 0 aromatic heterocycles. The SMILES string of the molecule is C=CC(=O)OC.[Bi]. The zero-order valence-corrected chi connectivity index (χ0v) is 7.53. The molecular formula is C4H6BiO2. The second kappa shape index (κ2) is 6.09. The van der Waals surface area contributed by atoms with Gasteiger partial charge in [0.15, 0.2) is 0 Å². The van der Waals surface area contributed by atoms with Gasteiger partial charge in [0.25, 0.3) is 0 Å². The molecule has 3 heteroatoms. The molecular weight excluding hydrogens is 289 g/mol. The normalized spacial score (nSPS) is 5.86. The number of esters is 1. The number of ether oxygens (including phenoxy) is 1. The van der Waals surface area contributed by atoms with Crippen molar-refractivity contribution in [2.45, 2.75) is 0 Å². The Morgan fingerprint density at radius 1 is 1.86 bits per heavy atom. The van der Waals surface area contributed by atoms with Gasteiger partial charge in [-0.3, -0.25) is 0 Å². The Labute approximate surface area is 61.7 Å². The summed E-state index contributed by atoms with van der Waals surface area (Å²) in [4.78, 5) is 9.84. The molecule has 0 saturated carbocycles. The molecule has 39 valence electrons. The van der Waals surface area contributed by atoms with E-state index in [2.05, 4.69) is 11.3 Å². The zero-order valence-electron chi connectivity index (χ0n) is 4.05. The summed E-state index contributed by atoms with van der Waals surface area (Å²) in [7, 11) is 1.31. The Hall–Kier alpha value is 0.0931. The zero-order chi connectivity index (χ0) is 4.99. The summed E-state index contributed by atoms with van der Waals surface area (Å²) >= 11 is 0. The molecule has 0 atom stereocenters. The summed E-state index contributed by atoms with van der Waals surface area (Å²) in [6.45, 7) is 3.16. The molecule has 0 bridgehead atoms. The van der Waals surface area contributed by atoms with Gasteiger partial charge in [0.05, 0.1) is 7.11 Å². The van der Waals surface area contributed by atoms with Crippen LogP contribution in [0.3, 0.4) is 0 Å². The van der Waals surface area contributed by atoms with Crippen molar-refractivity contribution in [3.8, 4) is 0 Å². The number of hydrogen-bond acceptors (Lipinski definition) is 2. The van der Waals surface area contributed by atoms with Crippen molar-refractivity contribution >= 4 is 32.2 Å². The monoisotopic (exact) mass is 295 g/mol. The van der Waals surface area contributed by atoms with Crippen molar-refractivity contribution in [3.63, 3.8) is 0 Å². The quantitative estimate of drug-likeness (QED) is 0.386. The third kappa shape index (κ3) is 6.09. The Bertz CT molecular complexity index is 70.1. The maximum absolute atomic E-state index is 9.84. The van der Waals surface area contributed by atoms with E-state index in [1.54, 1.807) is 0 Å². The van der Waals surface area contributed by atoms with Crippen LogP contribution in [0.2, 0.25) is 0 Å². The summed E-state index contributed by atoms with van der Waals surface area (Å²) in [6, 6.07) is 0. The van der Waals surface area contributed by atoms with Crippen molar-refractivity contribution in [3.05, 3.63) is 12.7 Å². The molecule has 0 aromatic carbocycles. The fraction of sp³-hybridized carbons (Fsp3) is 0.250. The van der Waals surface area contributed by atoms with Crippen LogP contribution in [0.5, 0.6) is 0 Å². The molecule has 0 unspecified atom stereocenters. The maximum atomic E-state index is 9.84.